The third-order valence-corrected chi connectivity index (χ3v) is 4.35. The summed E-state index contributed by atoms with van der Waals surface area (Å²) in [4.78, 5) is 2.60. The van der Waals surface area contributed by atoms with Crippen LogP contribution in [-0.2, 0) is 6.54 Å². The highest BCUT2D eigenvalue weighted by atomic mass is 32.2. The first-order chi connectivity index (χ1) is 9.54. The maximum absolute atomic E-state index is 3.44. The molecule has 0 fully saturated rings. The van der Waals surface area contributed by atoms with Gasteiger partial charge in [-0.1, -0.05) is 43.8 Å². The number of aryl methyl sites for hydroxylation is 2. The molecule has 106 valence electrons. The third kappa shape index (κ3) is 4.39. The SMILES string of the molecule is Cc1ccc(Sc2ccc(CNC(C)C)cc2)cc1C. The van der Waals surface area contributed by atoms with Crippen LogP contribution in [0.2, 0.25) is 0 Å². The van der Waals surface area contributed by atoms with Crippen LogP contribution in [0.1, 0.15) is 30.5 Å². The standard InChI is InChI=1S/C18H23NS/c1-13(2)19-12-16-6-9-17(10-7-16)20-18-8-5-14(3)15(4)11-18/h5-11,13,19H,12H2,1-4H3. The van der Waals surface area contributed by atoms with Crippen LogP contribution in [0.15, 0.2) is 52.3 Å². The van der Waals surface area contributed by atoms with E-state index in [0.717, 1.165) is 6.54 Å². The normalized spacial score (nSPS) is 11.1. The van der Waals surface area contributed by atoms with E-state index in [4.69, 9.17) is 0 Å². The minimum absolute atomic E-state index is 0.527. The number of hydrogen-bond donors (Lipinski definition) is 1. The summed E-state index contributed by atoms with van der Waals surface area (Å²) in [5.74, 6) is 0. The molecule has 0 bridgehead atoms. The third-order valence-electron chi connectivity index (χ3n) is 3.35. The molecule has 0 radical (unpaired) electrons. The minimum atomic E-state index is 0.527. The van der Waals surface area contributed by atoms with Crippen LogP contribution in [0.3, 0.4) is 0 Å². The zero-order valence-corrected chi connectivity index (χ0v) is 13.6. The Morgan fingerprint density at radius 3 is 2.15 bits per heavy atom. The van der Waals surface area contributed by atoms with Gasteiger partial charge in [0, 0.05) is 22.4 Å². The number of benzene rings is 2. The lowest BCUT2D eigenvalue weighted by Crippen LogP contribution is -2.21. The summed E-state index contributed by atoms with van der Waals surface area (Å²) < 4.78 is 0. The molecule has 2 aromatic rings. The fraction of sp³-hybridized carbons (Fsp3) is 0.333. The predicted molar refractivity (Wildman–Crippen MR) is 88.5 cm³/mol. The fourth-order valence-electron chi connectivity index (χ4n) is 1.91. The van der Waals surface area contributed by atoms with E-state index in [0.29, 0.717) is 6.04 Å². The Kier molecular flexibility index (Phi) is 5.27. The van der Waals surface area contributed by atoms with E-state index in [2.05, 4.69) is 75.5 Å². The average molecular weight is 285 g/mol. The Morgan fingerprint density at radius 2 is 1.55 bits per heavy atom. The van der Waals surface area contributed by atoms with E-state index in [1.165, 1.54) is 26.5 Å². The van der Waals surface area contributed by atoms with Gasteiger partial charge in [-0.25, -0.2) is 0 Å². The summed E-state index contributed by atoms with van der Waals surface area (Å²) in [7, 11) is 0. The van der Waals surface area contributed by atoms with Crippen molar-refractivity contribution in [2.75, 3.05) is 0 Å². The summed E-state index contributed by atoms with van der Waals surface area (Å²) in [6.07, 6.45) is 0. The molecule has 0 aliphatic rings. The second kappa shape index (κ2) is 6.96. The van der Waals surface area contributed by atoms with Gasteiger partial charge in [0.2, 0.25) is 0 Å². The van der Waals surface area contributed by atoms with E-state index in [1.54, 1.807) is 0 Å². The molecule has 0 atom stereocenters. The Labute approximate surface area is 126 Å². The lowest BCUT2D eigenvalue weighted by Gasteiger charge is -2.09. The van der Waals surface area contributed by atoms with E-state index in [1.807, 2.05) is 11.8 Å². The van der Waals surface area contributed by atoms with Crippen LogP contribution in [-0.4, -0.2) is 6.04 Å². The van der Waals surface area contributed by atoms with Gasteiger partial charge < -0.3 is 5.32 Å². The smallest absolute Gasteiger partial charge is 0.0207 e. The van der Waals surface area contributed by atoms with Gasteiger partial charge >= 0.3 is 0 Å². The van der Waals surface area contributed by atoms with Crippen molar-refractivity contribution in [2.24, 2.45) is 0 Å². The van der Waals surface area contributed by atoms with Crippen molar-refractivity contribution in [2.45, 2.75) is 50.1 Å². The second-order valence-corrected chi connectivity index (χ2v) is 6.67. The molecule has 0 saturated carbocycles. The second-order valence-electron chi connectivity index (χ2n) is 5.53. The Hall–Kier alpha value is -1.25. The van der Waals surface area contributed by atoms with E-state index >= 15 is 0 Å². The predicted octanol–water partition coefficient (Wildman–Crippen LogP) is 4.95. The molecule has 0 aliphatic carbocycles. The molecule has 1 N–H and O–H groups in total. The number of rotatable bonds is 5. The molecule has 0 saturated heterocycles. The van der Waals surface area contributed by atoms with E-state index < -0.39 is 0 Å². The molecule has 0 heterocycles. The first-order valence-electron chi connectivity index (χ1n) is 7.12. The van der Waals surface area contributed by atoms with Gasteiger partial charge in [-0.3, -0.25) is 0 Å². The van der Waals surface area contributed by atoms with Crippen molar-refractivity contribution >= 4 is 11.8 Å². The number of nitrogens with one attached hydrogen (secondary N) is 1. The van der Waals surface area contributed by atoms with Crippen molar-refractivity contribution in [3.05, 3.63) is 59.2 Å². The van der Waals surface area contributed by atoms with E-state index in [-0.39, 0.29) is 0 Å². The average Bonchev–Trinajstić information content (AvgIpc) is 2.42. The Balaban J connectivity index is 2.01. The minimum Gasteiger partial charge on any atom is -0.310 e. The maximum Gasteiger partial charge on any atom is 0.0207 e. The van der Waals surface area contributed by atoms with Crippen molar-refractivity contribution in [3.63, 3.8) is 0 Å². The topological polar surface area (TPSA) is 12.0 Å². The summed E-state index contributed by atoms with van der Waals surface area (Å²) in [5.41, 5.74) is 4.04. The van der Waals surface area contributed by atoms with Crippen LogP contribution in [0.5, 0.6) is 0 Å². The molecular weight excluding hydrogens is 262 g/mol. The zero-order chi connectivity index (χ0) is 14.5. The summed E-state index contributed by atoms with van der Waals surface area (Å²) in [6, 6.07) is 16.0. The summed E-state index contributed by atoms with van der Waals surface area (Å²) >= 11 is 1.82. The lowest BCUT2D eigenvalue weighted by molar-refractivity contribution is 0.588. The molecule has 1 nitrogen and oxygen atoms in total. The molecule has 0 aliphatic heterocycles. The highest BCUT2D eigenvalue weighted by Gasteiger charge is 2.01. The van der Waals surface area contributed by atoms with Gasteiger partial charge in [-0.2, -0.15) is 0 Å². The van der Waals surface area contributed by atoms with Gasteiger partial charge in [-0.05, 0) is 54.8 Å². The molecule has 20 heavy (non-hydrogen) atoms. The molecule has 0 spiro atoms. The van der Waals surface area contributed by atoms with Crippen LogP contribution >= 0.6 is 11.8 Å². The summed E-state index contributed by atoms with van der Waals surface area (Å²) in [6.45, 7) is 9.60. The first-order valence-corrected chi connectivity index (χ1v) is 7.93. The largest absolute Gasteiger partial charge is 0.310 e. The van der Waals surface area contributed by atoms with Crippen molar-refractivity contribution in [3.8, 4) is 0 Å². The maximum atomic E-state index is 3.44. The molecule has 2 heteroatoms. The van der Waals surface area contributed by atoms with Crippen LogP contribution in [0, 0.1) is 13.8 Å². The molecular formula is C18H23NS. The van der Waals surface area contributed by atoms with Gasteiger partial charge in [0.1, 0.15) is 0 Å². The molecule has 0 aromatic heterocycles. The fourth-order valence-corrected chi connectivity index (χ4v) is 2.83. The quantitative estimate of drug-likeness (QED) is 0.834. The van der Waals surface area contributed by atoms with Gasteiger partial charge in [0.25, 0.3) is 0 Å². The monoisotopic (exact) mass is 285 g/mol. The molecule has 0 unspecified atom stereocenters. The van der Waals surface area contributed by atoms with Gasteiger partial charge in [0.05, 0.1) is 0 Å². The van der Waals surface area contributed by atoms with Crippen molar-refractivity contribution in [1.82, 2.24) is 5.32 Å². The number of hydrogen-bond acceptors (Lipinski definition) is 2. The molecule has 2 rings (SSSR count). The van der Waals surface area contributed by atoms with Crippen LogP contribution in [0.4, 0.5) is 0 Å². The van der Waals surface area contributed by atoms with Crippen molar-refractivity contribution < 1.29 is 0 Å². The van der Waals surface area contributed by atoms with Gasteiger partial charge in [-0.15, -0.1) is 0 Å². The Morgan fingerprint density at radius 1 is 0.900 bits per heavy atom. The Bertz CT molecular complexity index is 558. The van der Waals surface area contributed by atoms with Crippen LogP contribution in [0.25, 0.3) is 0 Å². The highest BCUT2D eigenvalue weighted by molar-refractivity contribution is 7.99. The summed E-state index contributed by atoms with van der Waals surface area (Å²) in [5, 5.41) is 3.44. The first kappa shape index (κ1) is 15.1. The highest BCUT2D eigenvalue weighted by Crippen LogP contribution is 2.29. The zero-order valence-electron chi connectivity index (χ0n) is 12.7. The van der Waals surface area contributed by atoms with Gasteiger partial charge in [0.15, 0.2) is 0 Å². The lowest BCUT2D eigenvalue weighted by atomic mass is 10.1. The molecule has 2 aromatic carbocycles. The molecule has 0 amide bonds. The van der Waals surface area contributed by atoms with E-state index in [9.17, 15) is 0 Å². The van der Waals surface area contributed by atoms with Crippen molar-refractivity contribution in [1.29, 1.82) is 0 Å². The van der Waals surface area contributed by atoms with Crippen LogP contribution < -0.4 is 5.32 Å².